The van der Waals surface area contributed by atoms with Crippen molar-refractivity contribution in [3.63, 3.8) is 0 Å². The van der Waals surface area contributed by atoms with Crippen LogP contribution in [0.1, 0.15) is 30.6 Å². The Kier molecular flexibility index (Phi) is 4.03. The van der Waals surface area contributed by atoms with Crippen molar-refractivity contribution in [3.8, 4) is 0 Å². The van der Waals surface area contributed by atoms with Crippen molar-refractivity contribution in [2.75, 3.05) is 4.90 Å². The van der Waals surface area contributed by atoms with Crippen LogP contribution in [0.2, 0.25) is 0 Å². The summed E-state index contributed by atoms with van der Waals surface area (Å²) in [6.45, 7) is 3.79. The standard InChI is InChI=1S/C16H18N2O2/c1-3-4-7-12-10-15(19)13-8-5-6-9-14(13)18(11(12)2)16(17)20/h3-9,11H,10H2,1-2H3,(H2,17,20)/b4-3-,12-7-. The van der Waals surface area contributed by atoms with Gasteiger partial charge in [-0.1, -0.05) is 30.4 Å². The molecule has 4 nitrogen and oxygen atoms in total. The van der Waals surface area contributed by atoms with Gasteiger partial charge in [0.25, 0.3) is 0 Å². The number of allylic oxidation sites excluding steroid dienone is 3. The van der Waals surface area contributed by atoms with Gasteiger partial charge in [-0.3, -0.25) is 9.69 Å². The van der Waals surface area contributed by atoms with Crippen LogP contribution in [0.5, 0.6) is 0 Å². The number of ketones is 1. The molecule has 2 amide bonds. The van der Waals surface area contributed by atoms with Gasteiger partial charge in [0.15, 0.2) is 5.78 Å². The van der Waals surface area contributed by atoms with Gasteiger partial charge in [-0.2, -0.15) is 0 Å². The van der Waals surface area contributed by atoms with Crippen LogP contribution in [-0.2, 0) is 0 Å². The highest BCUT2D eigenvalue weighted by molar-refractivity contribution is 6.08. The zero-order valence-electron chi connectivity index (χ0n) is 11.7. The number of carbonyl (C=O) groups excluding carboxylic acids is 2. The smallest absolute Gasteiger partial charge is 0.319 e. The molecule has 2 N–H and O–H groups in total. The number of amides is 2. The van der Waals surface area contributed by atoms with E-state index in [-0.39, 0.29) is 11.8 Å². The maximum atomic E-state index is 12.3. The minimum atomic E-state index is -0.550. The van der Waals surface area contributed by atoms with Gasteiger partial charge in [0, 0.05) is 12.0 Å². The summed E-state index contributed by atoms with van der Waals surface area (Å²) in [5.41, 5.74) is 7.51. The van der Waals surface area contributed by atoms with Crippen LogP contribution in [0, 0.1) is 0 Å². The molecular weight excluding hydrogens is 252 g/mol. The number of hydrogen-bond acceptors (Lipinski definition) is 2. The van der Waals surface area contributed by atoms with E-state index in [0.29, 0.717) is 17.7 Å². The van der Waals surface area contributed by atoms with E-state index in [4.69, 9.17) is 5.73 Å². The van der Waals surface area contributed by atoms with E-state index in [1.165, 1.54) is 4.90 Å². The highest BCUT2D eigenvalue weighted by Crippen LogP contribution is 2.31. The van der Waals surface area contributed by atoms with E-state index in [2.05, 4.69) is 0 Å². The second-order valence-corrected chi connectivity index (χ2v) is 4.77. The van der Waals surface area contributed by atoms with Crippen LogP contribution in [-0.4, -0.2) is 17.9 Å². The molecule has 1 aliphatic heterocycles. The molecule has 1 aromatic carbocycles. The lowest BCUT2D eigenvalue weighted by Gasteiger charge is -2.27. The minimum Gasteiger partial charge on any atom is -0.351 e. The first-order valence-corrected chi connectivity index (χ1v) is 6.59. The fourth-order valence-electron chi connectivity index (χ4n) is 2.45. The van der Waals surface area contributed by atoms with Crippen LogP contribution in [0.3, 0.4) is 0 Å². The van der Waals surface area contributed by atoms with Crippen LogP contribution in [0.25, 0.3) is 0 Å². The topological polar surface area (TPSA) is 63.4 Å². The van der Waals surface area contributed by atoms with Crippen LogP contribution in [0.15, 0.2) is 48.1 Å². The molecule has 1 aliphatic rings. The maximum absolute atomic E-state index is 12.3. The number of primary amides is 1. The molecule has 0 bridgehead atoms. The van der Waals surface area contributed by atoms with Crippen molar-refractivity contribution >= 4 is 17.5 Å². The quantitative estimate of drug-likeness (QED) is 0.852. The Morgan fingerprint density at radius 1 is 1.40 bits per heavy atom. The second kappa shape index (κ2) is 5.74. The highest BCUT2D eigenvalue weighted by Gasteiger charge is 2.31. The molecule has 0 aliphatic carbocycles. The van der Waals surface area contributed by atoms with Crippen molar-refractivity contribution in [3.05, 3.63) is 53.6 Å². The average Bonchev–Trinajstić information content (AvgIpc) is 2.52. The van der Waals surface area contributed by atoms with E-state index < -0.39 is 6.03 Å². The number of carbonyl (C=O) groups is 2. The van der Waals surface area contributed by atoms with Crippen LogP contribution >= 0.6 is 0 Å². The van der Waals surface area contributed by atoms with Gasteiger partial charge in [-0.25, -0.2) is 4.79 Å². The van der Waals surface area contributed by atoms with E-state index in [1.54, 1.807) is 24.3 Å². The van der Waals surface area contributed by atoms with Crippen molar-refractivity contribution in [2.24, 2.45) is 5.73 Å². The summed E-state index contributed by atoms with van der Waals surface area (Å²) < 4.78 is 0. The number of anilines is 1. The number of Topliss-reactive ketones (excluding diaryl/α,β-unsaturated/α-hetero) is 1. The zero-order valence-corrected chi connectivity index (χ0v) is 11.7. The van der Waals surface area contributed by atoms with Gasteiger partial charge in [-0.15, -0.1) is 0 Å². The minimum absolute atomic E-state index is 0.00644. The number of benzene rings is 1. The molecule has 1 atom stereocenters. The molecule has 0 aromatic heterocycles. The fourth-order valence-corrected chi connectivity index (χ4v) is 2.45. The molecule has 0 saturated carbocycles. The lowest BCUT2D eigenvalue weighted by molar-refractivity contribution is 0.0994. The Bertz CT molecular complexity index is 602. The number of hydrogen-bond donors (Lipinski definition) is 1. The first kappa shape index (κ1) is 14.1. The molecule has 0 saturated heterocycles. The summed E-state index contributed by atoms with van der Waals surface area (Å²) in [7, 11) is 0. The summed E-state index contributed by atoms with van der Waals surface area (Å²) in [6, 6.07) is 6.30. The number of rotatable bonds is 1. The SMILES string of the molecule is C/C=C\C=C1\CC(=O)c2ccccc2N(C(N)=O)C1C. The van der Waals surface area contributed by atoms with Gasteiger partial charge in [0.05, 0.1) is 11.7 Å². The fraction of sp³-hybridized carbons (Fsp3) is 0.250. The zero-order chi connectivity index (χ0) is 14.7. The molecule has 1 heterocycles. The van der Waals surface area contributed by atoms with Gasteiger partial charge in [0.1, 0.15) is 0 Å². The van der Waals surface area contributed by atoms with Gasteiger partial charge >= 0.3 is 6.03 Å². The Hall–Kier alpha value is -2.36. The molecule has 1 unspecified atom stereocenters. The van der Waals surface area contributed by atoms with Gasteiger partial charge in [-0.05, 0) is 31.6 Å². The number of fused-ring (bicyclic) bond motifs is 1. The van der Waals surface area contributed by atoms with Crippen molar-refractivity contribution in [2.45, 2.75) is 26.3 Å². The predicted molar refractivity (Wildman–Crippen MR) is 79.8 cm³/mol. The molecule has 0 spiro atoms. The van der Waals surface area contributed by atoms with Crippen molar-refractivity contribution < 1.29 is 9.59 Å². The normalized spacial score (nSPS) is 21.1. The molecular formula is C16H18N2O2. The number of nitrogens with two attached hydrogens (primary N) is 1. The van der Waals surface area contributed by atoms with Crippen molar-refractivity contribution in [1.82, 2.24) is 0 Å². The third kappa shape index (κ3) is 2.50. The molecule has 104 valence electrons. The summed E-state index contributed by atoms with van der Waals surface area (Å²) in [5.74, 6) is 0.00644. The highest BCUT2D eigenvalue weighted by atomic mass is 16.2. The number of para-hydroxylation sites is 1. The molecule has 20 heavy (non-hydrogen) atoms. The molecule has 0 radical (unpaired) electrons. The third-order valence-electron chi connectivity index (χ3n) is 3.49. The van der Waals surface area contributed by atoms with E-state index in [1.807, 2.05) is 32.1 Å². The lowest BCUT2D eigenvalue weighted by Crippen LogP contribution is -2.43. The molecule has 2 rings (SSSR count). The average molecular weight is 270 g/mol. The third-order valence-corrected chi connectivity index (χ3v) is 3.49. The van der Waals surface area contributed by atoms with E-state index in [9.17, 15) is 9.59 Å². The second-order valence-electron chi connectivity index (χ2n) is 4.77. The van der Waals surface area contributed by atoms with Crippen molar-refractivity contribution in [1.29, 1.82) is 0 Å². The lowest BCUT2D eigenvalue weighted by atomic mass is 10.0. The molecule has 4 heteroatoms. The van der Waals surface area contributed by atoms with E-state index >= 15 is 0 Å². The van der Waals surface area contributed by atoms with E-state index in [0.717, 1.165) is 5.57 Å². The number of nitrogens with zero attached hydrogens (tertiary/aromatic N) is 1. The molecule has 1 aromatic rings. The maximum Gasteiger partial charge on any atom is 0.319 e. The summed E-state index contributed by atoms with van der Waals surface area (Å²) in [6.07, 6.45) is 5.93. The Balaban J connectivity index is 2.59. The Morgan fingerprint density at radius 2 is 2.10 bits per heavy atom. The summed E-state index contributed by atoms with van der Waals surface area (Å²) in [4.78, 5) is 25.6. The first-order chi connectivity index (χ1) is 9.56. The first-order valence-electron chi connectivity index (χ1n) is 6.59. The predicted octanol–water partition coefficient (Wildman–Crippen LogP) is 3.05. The summed E-state index contributed by atoms with van der Waals surface area (Å²) in [5, 5.41) is 0. The molecule has 0 fully saturated rings. The summed E-state index contributed by atoms with van der Waals surface area (Å²) >= 11 is 0. The van der Waals surface area contributed by atoms with Crippen LogP contribution in [0.4, 0.5) is 10.5 Å². The monoisotopic (exact) mass is 270 g/mol. The van der Waals surface area contributed by atoms with Gasteiger partial charge < -0.3 is 5.73 Å². The van der Waals surface area contributed by atoms with Gasteiger partial charge in [0.2, 0.25) is 0 Å². The number of urea groups is 1. The van der Waals surface area contributed by atoms with Crippen LogP contribution < -0.4 is 10.6 Å². The Labute approximate surface area is 118 Å². The largest absolute Gasteiger partial charge is 0.351 e. The Morgan fingerprint density at radius 3 is 2.75 bits per heavy atom.